The van der Waals surface area contributed by atoms with Crippen LogP contribution in [0.4, 0.5) is 0 Å². The fourth-order valence-electron chi connectivity index (χ4n) is 3.06. The average Bonchev–Trinajstić information content (AvgIpc) is 3.16. The lowest BCUT2D eigenvalue weighted by molar-refractivity contribution is 0.416. The molecule has 0 fully saturated rings. The van der Waals surface area contributed by atoms with Crippen LogP contribution >= 0.6 is 39.1 Å². The van der Waals surface area contributed by atoms with Gasteiger partial charge in [0, 0.05) is 15.6 Å². The van der Waals surface area contributed by atoms with Crippen LogP contribution < -0.4 is 4.74 Å². The molecule has 0 radical (unpaired) electrons. The van der Waals surface area contributed by atoms with E-state index in [2.05, 4.69) is 20.9 Å². The van der Waals surface area contributed by atoms with Gasteiger partial charge in [-0.2, -0.15) is 0 Å². The van der Waals surface area contributed by atoms with Crippen LogP contribution in [0.1, 0.15) is 0 Å². The molecule has 1 aromatic heterocycles. The van der Waals surface area contributed by atoms with E-state index in [-0.39, 0.29) is 0 Å². The number of hydrogen-bond acceptors (Lipinski definition) is 2. The maximum Gasteiger partial charge on any atom is 0.142 e. The predicted molar refractivity (Wildman–Crippen MR) is 119 cm³/mol. The summed E-state index contributed by atoms with van der Waals surface area (Å²) < 4.78 is 6.46. The summed E-state index contributed by atoms with van der Waals surface area (Å²) >= 11 is 16.3. The molecule has 0 saturated carbocycles. The van der Waals surface area contributed by atoms with E-state index in [0.717, 1.165) is 38.3 Å². The van der Waals surface area contributed by atoms with E-state index in [0.29, 0.717) is 15.9 Å². The number of nitrogens with one attached hydrogen (secondary N) is 1. The number of benzene rings is 3. The second-order valence-corrected chi connectivity index (χ2v) is 7.82. The van der Waals surface area contributed by atoms with Crippen LogP contribution in [0.3, 0.4) is 0 Å². The van der Waals surface area contributed by atoms with Crippen LogP contribution in [-0.4, -0.2) is 17.1 Å². The molecule has 0 bridgehead atoms. The highest BCUT2D eigenvalue weighted by Crippen LogP contribution is 2.40. The maximum atomic E-state index is 6.51. The fourth-order valence-corrected chi connectivity index (χ4v) is 3.82. The largest absolute Gasteiger partial charge is 0.496 e. The third-order valence-corrected chi connectivity index (χ3v) is 5.70. The number of aromatic amines is 1. The molecule has 0 aliphatic rings. The molecule has 28 heavy (non-hydrogen) atoms. The second kappa shape index (κ2) is 8.00. The summed E-state index contributed by atoms with van der Waals surface area (Å²) in [6.45, 7) is 0. The minimum absolute atomic E-state index is 0.484. The van der Waals surface area contributed by atoms with Crippen molar-refractivity contribution in [2.45, 2.75) is 0 Å². The zero-order valence-corrected chi connectivity index (χ0v) is 17.9. The molecule has 4 aromatic rings. The average molecular weight is 474 g/mol. The molecule has 0 aliphatic carbocycles. The predicted octanol–water partition coefficient (Wildman–Crippen LogP) is 7.49. The van der Waals surface area contributed by atoms with E-state index < -0.39 is 0 Å². The molecule has 3 nitrogen and oxygen atoms in total. The number of imidazole rings is 1. The van der Waals surface area contributed by atoms with E-state index in [1.807, 2.05) is 60.7 Å². The Morgan fingerprint density at radius 3 is 2.46 bits per heavy atom. The van der Waals surface area contributed by atoms with Crippen LogP contribution in [0.15, 0.2) is 71.2 Å². The van der Waals surface area contributed by atoms with E-state index in [1.165, 1.54) is 0 Å². The van der Waals surface area contributed by atoms with Crippen molar-refractivity contribution in [1.29, 1.82) is 0 Å². The summed E-state index contributed by atoms with van der Waals surface area (Å²) in [4.78, 5) is 8.32. The highest BCUT2D eigenvalue weighted by Gasteiger charge is 2.20. The van der Waals surface area contributed by atoms with Crippen molar-refractivity contribution >= 4 is 39.1 Å². The summed E-state index contributed by atoms with van der Waals surface area (Å²) in [5.41, 5.74) is 4.21. The monoisotopic (exact) mass is 472 g/mol. The highest BCUT2D eigenvalue weighted by atomic mass is 79.9. The third kappa shape index (κ3) is 3.55. The van der Waals surface area contributed by atoms with Gasteiger partial charge >= 0.3 is 0 Å². The normalized spacial score (nSPS) is 10.9. The lowest BCUT2D eigenvalue weighted by atomic mass is 10.1. The smallest absolute Gasteiger partial charge is 0.142 e. The summed E-state index contributed by atoms with van der Waals surface area (Å²) in [7, 11) is 1.64. The molecule has 0 saturated heterocycles. The van der Waals surface area contributed by atoms with Crippen LogP contribution in [0.25, 0.3) is 33.9 Å². The Kier molecular flexibility index (Phi) is 5.44. The van der Waals surface area contributed by atoms with Gasteiger partial charge < -0.3 is 9.72 Å². The van der Waals surface area contributed by atoms with Gasteiger partial charge in [-0.3, -0.25) is 0 Å². The van der Waals surface area contributed by atoms with Crippen molar-refractivity contribution in [3.05, 3.63) is 81.2 Å². The molecule has 0 amide bonds. The van der Waals surface area contributed by atoms with Crippen LogP contribution in [0.2, 0.25) is 10.0 Å². The Hall–Kier alpha value is -2.27. The SMILES string of the molecule is COc1ccc(Br)cc1-c1nc(-c2ccccc2)c(-c2cccc(Cl)c2Cl)[nH]1. The van der Waals surface area contributed by atoms with Gasteiger partial charge in [-0.25, -0.2) is 4.98 Å². The number of aromatic nitrogens is 2. The van der Waals surface area contributed by atoms with Gasteiger partial charge in [0.15, 0.2) is 0 Å². The number of halogens is 3. The van der Waals surface area contributed by atoms with E-state index in [1.54, 1.807) is 13.2 Å². The van der Waals surface area contributed by atoms with Crippen molar-refractivity contribution in [2.75, 3.05) is 7.11 Å². The van der Waals surface area contributed by atoms with Crippen LogP contribution in [0.5, 0.6) is 5.75 Å². The van der Waals surface area contributed by atoms with Gasteiger partial charge in [0.25, 0.3) is 0 Å². The van der Waals surface area contributed by atoms with E-state index in [4.69, 9.17) is 32.9 Å². The first-order valence-corrected chi connectivity index (χ1v) is 10.1. The minimum atomic E-state index is 0.484. The minimum Gasteiger partial charge on any atom is -0.496 e. The maximum absolute atomic E-state index is 6.51. The number of ether oxygens (including phenoxy) is 1. The third-order valence-electron chi connectivity index (χ3n) is 4.39. The molecule has 140 valence electrons. The number of methoxy groups -OCH3 is 1. The number of H-pyrrole nitrogens is 1. The Bertz CT molecular complexity index is 1140. The summed E-state index contributed by atoms with van der Waals surface area (Å²) in [6, 6.07) is 21.3. The Balaban J connectivity index is 1.98. The number of hydrogen-bond donors (Lipinski definition) is 1. The highest BCUT2D eigenvalue weighted by molar-refractivity contribution is 9.10. The molecule has 0 aliphatic heterocycles. The summed E-state index contributed by atoms with van der Waals surface area (Å²) in [5, 5.41) is 0.979. The summed E-state index contributed by atoms with van der Waals surface area (Å²) in [6.07, 6.45) is 0. The fraction of sp³-hybridized carbons (Fsp3) is 0.0455. The Labute approximate surface area is 181 Å². The molecule has 0 unspecified atom stereocenters. The van der Waals surface area contributed by atoms with Crippen molar-refractivity contribution in [2.24, 2.45) is 0 Å². The zero-order chi connectivity index (χ0) is 19.7. The molecule has 1 N–H and O–H groups in total. The topological polar surface area (TPSA) is 37.9 Å². The number of rotatable bonds is 4. The Morgan fingerprint density at radius 2 is 1.71 bits per heavy atom. The quantitative estimate of drug-likeness (QED) is 0.333. The first kappa shape index (κ1) is 19.1. The molecule has 3 aromatic carbocycles. The molecule has 4 rings (SSSR count). The van der Waals surface area contributed by atoms with Gasteiger partial charge in [0.05, 0.1) is 34.1 Å². The standard InChI is InChI=1S/C22H15BrCl2N2O/c1-28-18-11-10-14(23)12-16(18)22-26-20(13-6-3-2-4-7-13)21(27-22)15-8-5-9-17(24)19(15)25/h2-12H,1H3,(H,26,27). The van der Waals surface area contributed by atoms with Crippen LogP contribution in [0, 0.1) is 0 Å². The molecular formula is C22H15BrCl2N2O. The van der Waals surface area contributed by atoms with Gasteiger partial charge in [-0.1, -0.05) is 81.6 Å². The van der Waals surface area contributed by atoms with Crippen molar-refractivity contribution in [3.63, 3.8) is 0 Å². The molecule has 0 atom stereocenters. The first-order chi connectivity index (χ1) is 13.6. The lowest BCUT2D eigenvalue weighted by Crippen LogP contribution is -1.89. The Morgan fingerprint density at radius 1 is 0.929 bits per heavy atom. The summed E-state index contributed by atoms with van der Waals surface area (Å²) in [5.74, 6) is 1.41. The lowest BCUT2D eigenvalue weighted by Gasteiger charge is -2.07. The molecular weight excluding hydrogens is 459 g/mol. The van der Waals surface area contributed by atoms with Crippen LogP contribution in [-0.2, 0) is 0 Å². The second-order valence-electron chi connectivity index (χ2n) is 6.12. The van der Waals surface area contributed by atoms with Gasteiger partial charge in [0.2, 0.25) is 0 Å². The first-order valence-electron chi connectivity index (χ1n) is 8.52. The zero-order valence-electron chi connectivity index (χ0n) is 14.8. The molecule has 6 heteroatoms. The van der Waals surface area contributed by atoms with E-state index >= 15 is 0 Å². The van der Waals surface area contributed by atoms with Crippen molar-refractivity contribution in [3.8, 4) is 39.7 Å². The van der Waals surface area contributed by atoms with Crippen molar-refractivity contribution in [1.82, 2.24) is 9.97 Å². The molecule has 0 spiro atoms. The molecule has 1 heterocycles. The van der Waals surface area contributed by atoms with Crippen molar-refractivity contribution < 1.29 is 4.74 Å². The van der Waals surface area contributed by atoms with E-state index in [9.17, 15) is 0 Å². The van der Waals surface area contributed by atoms with Gasteiger partial charge in [0.1, 0.15) is 11.6 Å². The van der Waals surface area contributed by atoms with Gasteiger partial charge in [-0.15, -0.1) is 0 Å². The van der Waals surface area contributed by atoms with Gasteiger partial charge in [-0.05, 0) is 24.3 Å². The number of nitrogens with zero attached hydrogens (tertiary/aromatic N) is 1.